The van der Waals surface area contributed by atoms with Crippen molar-refractivity contribution in [3.63, 3.8) is 0 Å². The fourth-order valence-electron chi connectivity index (χ4n) is 6.45. The molecule has 3 aromatic heterocycles. The number of aryl methyl sites for hydroxylation is 1. The minimum Gasteiger partial charge on any atom is -0.494 e. The van der Waals surface area contributed by atoms with Gasteiger partial charge in [0.25, 0.3) is 0 Å². The van der Waals surface area contributed by atoms with E-state index in [9.17, 15) is 5.11 Å². The van der Waals surface area contributed by atoms with Gasteiger partial charge in [0.15, 0.2) is 0 Å². The van der Waals surface area contributed by atoms with E-state index >= 15 is 0 Å². The first-order chi connectivity index (χ1) is 17.2. The fraction of sp³-hybridized carbons (Fsp3) is 0.393. The molecular formula is C28H29N5O2. The van der Waals surface area contributed by atoms with Crippen LogP contribution < -0.4 is 4.74 Å². The van der Waals surface area contributed by atoms with Crippen molar-refractivity contribution >= 4 is 11.0 Å². The third-order valence-electron chi connectivity index (χ3n) is 8.30. The summed E-state index contributed by atoms with van der Waals surface area (Å²) in [6.45, 7) is 3.01. The lowest BCUT2D eigenvalue weighted by Gasteiger charge is -2.19. The number of likely N-dealkylation sites (tertiary alicyclic amines) is 1. The third kappa shape index (κ3) is 3.22. The van der Waals surface area contributed by atoms with Gasteiger partial charge in [0.05, 0.1) is 19.2 Å². The normalized spacial score (nSPS) is 23.0. The lowest BCUT2D eigenvalue weighted by molar-refractivity contribution is 0.207. The van der Waals surface area contributed by atoms with Crippen molar-refractivity contribution in [3.8, 4) is 28.3 Å². The Hall–Kier alpha value is -3.29. The van der Waals surface area contributed by atoms with Gasteiger partial charge >= 0.3 is 0 Å². The van der Waals surface area contributed by atoms with Crippen LogP contribution in [0.4, 0.5) is 0 Å². The van der Waals surface area contributed by atoms with Gasteiger partial charge in [0.1, 0.15) is 22.7 Å². The lowest BCUT2D eigenvalue weighted by atomic mass is 9.99. The molecule has 0 spiro atoms. The highest BCUT2D eigenvalue weighted by molar-refractivity contribution is 5.93. The van der Waals surface area contributed by atoms with Crippen molar-refractivity contribution < 1.29 is 9.84 Å². The van der Waals surface area contributed by atoms with Gasteiger partial charge in [-0.05, 0) is 54.9 Å². The Labute approximate surface area is 204 Å². The van der Waals surface area contributed by atoms with Crippen molar-refractivity contribution in [3.05, 3.63) is 59.4 Å². The van der Waals surface area contributed by atoms with Gasteiger partial charge in [-0.2, -0.15) is 5.10 Å². The van der Waals surface area contributed by atoms with Gasteiger partial charge in [0, 0.05) is 54.1 Å². The molecule has 1 aliphatic heterocycles. The molecule has 7 rings (SSSR count). The van der Waals surface area contributed by atoms with Gasteiger partial charge in [-0.3, -0.25) is 15.0 Å². The van der Waals surface area contributed by atoms with Crippen LogP contribution in [-0.2, 0) is 18.3 Å². The molecule has 2 N–H and O–H groups in total. The number of piperidine rings is 1. The number of aromatic nitrogens is 4. The largest absolute Gasteiger partial charge is 0.494 e. The molecule has 2 unspecified atom stereocenters. The zero-order valence-corrected chi connectivity index (χ0v) is 19.9. The van der Waals surface area contributed by atoms with E-state index in [4.69, 9.17) is 14.7 Å². The summed E-state index contributed by atoms with van der Waals surface area (Å²) in [4.78, 5) is 12.4. The smallest absolute Gasteiger partial charge is 0.147 e. The Morgan fingerprint density at radius 2 is 2.14 bits per heavy atom. The average molecular weight is 468 g/mol. The number of H-pyrrole nitrogens is 1. The Morgan fingerprint density at radius 3 is 2.97 bits per heavy atom. The second-order valence-corrected chi connectivity index (χ2v) is 10.3. The highest BCUT2D eigenvalue weighted by Gasteiger charge is 2.61. The van der Waals surface area contributed by atoms with E-state index in [2.05, 4.69) is 45.4 Å². The molecule has 178 valence electrons. The predicted octanol–water partition coefficient (Wildman–Crippen LogP) is 3.75. The van der Waals surface area contributed by atoms with Crippen LogP contribution in [0.1, 0.15) is 29.7 Å². The van der Waals surface area contributed by atoms with E-state index in [0.29, 0.717) is 5.92 Å². The molecule has 2 aliphatic carbocycles. The van der Waals surface area contributed by atoms with Crippen molar-refractivity contribution in [2.75, 3.05) is 33.4 Å². The second kappa shape index (κ2) is 7.86. The van der Waals surface area contributed by atoms with E-state index in [1.807, 2.05) is 12.3 Å². The van der Waals surface area contributed by atoms with Crippen LogP contribution in [0.15, 0.2) is 42.6 Å². The first kappa shape index (κ1) is 21.0. The summed E-state index contributed by atoms with van der Waals surface area (Å²) in [5.74, 6) is 1.41. The average Bonchev–Trinajstić information content (AvgIpc) is 3.26. The number of benzene rings is 1. The highest BCUT2D eigenvalue weighted by Crippen LogP contribution is 2.58. The molecule has 2 fully saturated rings. The Kier molecular flexibility index (Phi) is 4.73. The maximum atomic E-state index is 9.30. The molecule has 4 aromatic rings. The molecule has 0 radical (unpaired) electrons. The summed E-state index contributed by atoms with van der Waals surface area (Å²) < 4.78 is 5.75. The zero-order chi connectivity index (χ0) is 23.6. The molecular weight excluding hydrogens is 438 g/mol. The number of nitrogens with zero attached hydrogens (tertiary/aromatic N) is 4. The summed E-state index contributed by atoms with van der Waals surface area (Å²) >= 11 is 0. The molecule has 7 heteroatoms. The fourth-order valence-corrected chi connectivity index (χ4v) is 6.45. The van der Waals surface area contributed by atoms with Gasteiger partial charge in [-0.1, -0.05) is 18.2 Å². The van der Waals surface area contributed by atoms with E-state index in [1.165, 1.54) is 24.0 Å². The molecule has 35 heavy (non-hydrogen) atoms. The van der Waals surface area contributed by atoms with Gasteiger partial charge in [-0.15, -0.1) is 0 Å². The zero-order valence-electron chi connectivity index (χ0n) is 19.9. The van der Waals surface area contributed by atoms with E-state index in [1.54, 1.807) is 7.11 Å². The number of β-amino-alcohol motifs (C(OH)–C–C–N with tert-alkyl or cyclic N) is 1. The number of pyridine rings is 2. The molecule has 0 amide bonds. The summed E-state index contributed by atoms with van der Waals surface area (Å²) in [7, 11) is 1.70. The number of aliphatic hydroxyl groups is 1. The van der Waals surface area contributed by atoms with E-state index in [-0.39, 0.29) is 12.0 Å². The van der Waals surface area contributed by atoms with Crippen LogP contribution in [0.3, 0.4) is 0 Å². The molecule has 4 heterocycles. The first-order valence-corrected chi connectivity index (χ1v) is 12.5. The third-order valence-corrected chi connectivity index (χ3v) is 8.30. The Morgan fingerprint density at radius 1 is 1.20 bits per heavy atom. The molecule has 1 aromatic carbocycles. The summed E-state index contributed by atoms with van der Waals surface area (Å²) in [5.41, 5.74) is 9.62. The maximum absolute atomic E-state index is 9.30. The minimum atomic E-state index is 0.161. The first-order valence-electron chi connectivity index (χ1n) is 12.5. The van der Waals surface area contributed by atoms with E-state index < -0.39 is 0 Å². The molecule has 0 bridgehead atoms. The topological polar surface area (TPSA) is 87.2 Å². The number of fused-ring (bicyclic) bond motifs is 3. The summed E-state index contributed by atoms with van der Waals surface area (Å²) in [6, 6.07) is 12.8. The quantitative estimate of drug-likeness (QED) is 0.449. The number of nitrogens with one attached hydrogen (secondary N) is 1. The standard InChI is InChI=1S/C28H29N5O2/c1-35-23-12-22-27(30-26(23)21-7-3-5-17-4-2-6-20(17)21)25(32-31-22)18-8-9-24(29-14-18)28-13-19(28)15-33(16-28)10-11-34/h3,5,7-9,12,14,19,34H,2,4,6,10-11,13,15-16H2,1H3,(H,31,32). The van der Waals surface area contributed by atoms with E-state index in [0.717, 1.165) is 77.5 Å². The number of hydrogen-bond acceptors (Lipinski definition) is 6. The number of hydrogen-bond donors (Lipinski definition) is 2. The minimum absolute atomic E-state index is 0.161. The van der Waals surface area contributed by atoms with Crippen LogP contribution in [-0.4, -0.2) is 63.5 Å². The van der Waals surface area contributed by atoms with Gasteiger partial charge in [0.2, 0.25) is 0 Å². The van der Waals surface area contributed by atoms with Crippen molar-refractivity contribution in [2.24, 2.45) is 5.92 Å². The van der Waals surface area contributed by atoms with Gasteiger partial charge < -0.3 is 9.84 Å². The molecule has 2 atom stereocenters. The number of aliphatic hydroxyl groups excluding tert-OH is 1. The van der Waals surface area contributed by atoms with Gasteiger partial charge in [-0.25, -0.2) is 4.98 Å². The highest BCUT2D eigenvalue weighted by atomic mass is 16.5. The van der Waals surface area contributed by atoms with Crippen LogP contribution in [0.25, 0.3) is 33.5 Å². The van der Waals surface area contributed by atoms with Crippen molar-refractivity contribution in [1.82, 2.24) is 25.1 Å². The van der Waals surface area contributed by atoms with Crippen LogP contribution in [0, 0.1) is 5.92 Å². The molecule has 3 aliphatic rings. The Bertz CT molecular complexity index is 1430. The van der Waals surface area contributed by atoms with Crippen LogP contribution >= 0.6 is 0 Å². The number of methoxy groups -OCH3 is 1. The molecule has 1 saturated carbocycles. The van der Waals surface area contributed by atoms with Crippen molar-refractivity contribution in [1.29, 1.82) is 0 Å². The number of rotatable bonds is 6. The summed E-state index contributed by atoms with van der Waals surface area (Å²) in [5, 5.41) is 17.1. The predicted molar refractivity (Wildman–Crippen MR) is 134 cm³/mol. The number of aromatic amines is 1. The van der Waals surface area contributed by atoms with Crippen molar-refractivity contribution in [2.45, 2.75) is 31.1 Å². The molecule has 1 saturated heterocycles. The monoisotopic (exact) mass is 467 g/mol. The SMILES string of the molecule is COc1cc2[nH]nc(-c3ccc(C45CC4CN(CCO)C5)nc3)c2nc1-c1cccc2c1CCC2. The second-order valence-electron chi connectivity index (χ2n) is 10.3. The maximum Gasteiger partial charge on any atom is 0.147 e. The lowest BCUT2D eigenvalue weighted by Crippen LogP contribution is -2.29. The summed E-state index contributed by atoms with van der Waals surface area (Å²) in [6.07, 6.45) is 6.53. The Balaban J connectivity index is 1.26. The van der Waals surface area contributed by atoms with Crippen LogP contribution in [0.5, 0.6) is 5.75 Å². The van der Waals surface area contributed by atoms with Crippen LogP contribution in [0.2, 0.25) is 0 Å². The molecule has 7 nitrogen and oxygen atoms in total. The number of ether oxygens (including phenoxy) is 1.